The maximum atomic E-state index is 12.7. The van der Waals surface area contributed by atoms with E-state index in [1.54, 1.807) is 0 Å². The van der Waals surface area contributed by atoms with E-state index in [4.69, 9.17) is 18.9 Å². The van der Waals surface area contributed by atoms with Crippen molar-refractivity contribution >= 4 is 5.97 Å². The third kappa shape index (κ3) is 29.6. The molecule has 0 aromatic carbocycles. The van der Waals surface area contributed by atoms with E-state index >= 15 is 0 Å². The number of carbonyl (C=O) groups excluding carboxylic acids is 1. The number of hydrogen-bond acceptors (Lipinski definition) is 9. The fourth-order valence-corrected chi connectivity index (χ4v) is 6.86. The minimum atomic E-state index is -1.54. The van der Waals surface area contributed by atoms with Gasteiger partial charge in [-0.2, -0.15) is 0 Å². The van der Waals surface area contributed by atoms with Gasteiger partial charge in [0.1, 0.15) is 30.5 Å². The average molecular weight is 795 g/mol. The highest BCUT2D eigenvalue weighted by Gasteiger charge is 2.44. The fraction of sp³-hybridized carbons (Fsp3) is 0.851. The van der Waals surface area contributed by atoms with Crippen LogP contribution in [-0.4, -0.2) is 89.6 Å². The van der Waals surface area contributed by atoms with E-state index in [0.29, 0.717) is 13.0 Å². The zero-order valence-corrected chi connectivity index (χ0v) is 35.9. The molecule has 0 radical (unpaired) electrons. The molecule has 0 bridgehead atoms. The molecule has 9 nitrogen and oxygen atoms in total. The molecular weight excluding hydrogens is 709 g/mol. The number of aliphatic hydroxyl groups is 4. The first-order chi connectivity index (χ1) is 27.4. The van der Waals surface area contributed by atoms with Crippen LogP contribution in [0.1, 0.15) is 194 Å². The van der Waals surface area contributed by atoms with Crippen molar-refractivity contribution in [1.82, 2.24) is 0 Å². The van der Waals surface area contributed by atoms with Crippen LogP contribution in [0.2, 0.25) is 0 Å². The third-order valence-electron chi connectivity index (χ3n) is 10.5. The van der Waals surface area contributed by atoms with E-state index in [1.165, 1.54) is 116 Å². The summed E-state index contributed by atoms with van der Waals surface area (Å²) in [5, 5.41) is 40.1. The van der Waals surface area contributed by atoms with Crippen molar-refractivity contribution in [2.24, 2.45) is 0 Å². The molecule has 0 saturated carbocycles. The number of carbonyl (C=O) groups is 1. The van der Waals surface area contributed by atoms with E-state index in [9.17, 15) is 25.2 Å². The average Bonchev–Trinajstić information content (AvgIpc) is 3.20. The summed E-state index contributed by atoms with van der Waals surface area (Å²) >= 11 is 0. The summed E-state index contributed by atoms with van der Waals surface area (Å²) < 4.78 is 22.8. The van der Waals surface area contributed by atoms with Crippen LogP contribution in [0, 0.1) is 0 Å². The number of esters is 1. The topological polar surface area (TPSA) is 135 Å². The molecule has 0 aliphatic carbocycles. The zero-order chi connectivity index (χ0) is 40.7. The Morgan fingerprint density at radius 2 is 1.05 bits per heavy atom. The van der Waals surface area contributed by atoms with Crippen molar-refractivity contribution in [2.45, 2.75) is 230 Å². The van der Waals surface area contributed by atoms with Crippen LogP contribution >= 0.6 is 0 Å². The van der Waals surface area contributed by atoms with Gasteiger partial charge in [0.2, 0.25) is 0 Å². The third-order valence-corrected chi connectivity index (χ3v) is 10.5. The maximum absolute atomic E-state index is 12.7. The summed E-state index contributed by atoms with van der Waals surface area (Å²) in [4.78, 5) is 12.7. The molecule has 0 aromatic rings. The quantitative estimate of drug-likeness (QED) is 0.0272. The van der Waals surface area contributed by atoms with Crippen molar-refractivity contribution in [3.05, 3.63) is 36.5 Å². The Bertz CT molecular complexity index is 952. The van der Waals surface area contributed by atoms with E-state index < -0.39 is 43.4 Å². The second-order valence-corrected chi connectivity index (χ2v) is 15.8. The van der Waals surface area contributed by atoms with Crippen LogP contribution in [0.15, 0.2) is 36.5 Å². The molecule has 1 fully saturated rings. The Morgan fingerprint density at radius 1 is 0.571 bits per heavy atom. The minimum absolute atomic E-state index is 0.117. The van der Waals surface area contributed by atoms with E-state index in [2.05, 4.69) is 50.3 Å². The van der Waals surface area contributed by atoms with Crippen molar-refractivity contribution < 1.29 is 44.2 Å². The first-order valence-electron chi connectivity index (χ1n) is 23.1. The monoisotopic (exact) mass is 795 g/mol. The second kappa shape index (κ2) is 38.9. The second-order valence-electron chi connectivity index (χ2n) is 15.8. The Morgan fingerprint density at radius 3 is 1.61 bits per heavy atom. The first kappa shape index (κ1) is 52.4. The van der Waals surface area contributed by atoms with Crippen LogP contribution in [-0.2, 0) is 23.7 Å². The minimum Gasteiger partial charge on any atom is -0.457 e. The fourth-order valence-electron chi connectivity index (χ4n) is 6.86. The van der Waals surface area contributed by atoms with Gasteiger partial charge >= 0.3 is 5.97 Å². The molecular formula is C47H86O9. The first-order valence-corrected chi connectivity index (χ1v) is 23.1. The molecule has 0 amide bonds. The van der Waals surface area contributed by atoms with Crippen LogP contribution < -0.4 is 0 Å². The van der Waals surface area contributed by atoms with Gasteiger partial charge in [-0.1, -0.05) is 159 Å². The molecule has 1 heterocycles. The molecule has 4 N–H and O–H groups in total. The van der Waals surface area contributed by atoms with Crippen molar-refractivity contribution in [2.75, 3.05) is 26.4 Å². The van der Waals surface area contributed by atoms with Crippen LogP contribution in [0.4, 0.5) is 0 Å². The summed E-state index contributed by atoms with van der Waals surface area (Å²) in [5.74, 6) is -0.325. The van der Waals surface area contributed by atoms with Crippen LogP contribution in [0.3, 0.4) is 0 Å². The molecule has 328 valence electrons. The summed E-state index contributed by atoms with van der Waals surface area (Å²) in [6.07, 6.45) is 38.9. The Balaban J connectivity index is 2.21. The summed E-state index contributed by atoms with van der Waals surface area (Å²) in [6, 6.07) is 0. The Labute approximate surface area is 342 Å². The highest BCUT2D eigenvalue weighted by atomic mass is 16.7. The highest BCUT2D eigenvalue weighted by Crippen LogP contribution is 2.22. The number of ether oxygens (including phenoxy) is 4. The lowest BCUT2D eigenvalue weighted by atomic mass is 9.99. The van der Waals surface area contributed by atoms with Gasteiger partial charge in [0.15, 0.2) is 6.29 Å². The lowest BCUT2D eigenvalue weighted by Crippen LogP contribution is -2.59. The van der Waals surface area contributed by atoms with Gasteiger partial charge in [-0.3, -0.25) is 4.79 Å². The van der Waals surface area contributed by atoms with Gasteiger partial charge in [0.05, 0.1) is 19.8 Å². The molecule has 1 rings (SSSR count). The Kier molecular flexibility index (Phi) is 36.4. The Hall–Kier alpha value is -1.59. The van der Waals surface area contributed by atoms with Gasteiger partial charge < -0.3 is 39.4 Å². The summed E-state index contributed by atoms with van der Waals surface area (Å²) in [7, 11) is 0. The van der Waals surface area contributed by atoms with Gasteiger partial charge in [-0.15, -0.1) is 0 Å². The molecule has 9 heteroatoms. The molecule has 1 aliphatic heterocycles. The lowest BCUT2D eigenvalue weighted by molar-refractivity contribution is -0.305. The van der Waals surface area contributed by atoms with Crippen LogP contribution in [0.25, 0.3) is 0 Å². The standard InChI is InChI=1S/C47H86O9/c1-3-5-7-9-11-13-15-16-17-18-19-20-21-22-23-24-25-27-29-31-33-35-37-53-39-41(40-54-47-46(52)45(51)44(50)42(38-48)56-47)55-43(49)36-34-32-30-28-26-14-12-10-8-6-4-2/h10,12,15-16,18-19,41-42,44-48,50-52H,3-9,11,13-14,17,20-40H2,1-2H3/b12-10-,16-15-,19-18-. The lowest BCUT2D eigenvalue weighted by Gasteiger charge is -2.39. The van der Waals surface area contributed by atoms with E-state index in [1.807, 2.05) is 0 Å². The van der Waals surface area contributed by atoms with Crippen molar-refractivity contribution in [1.29, 1.82) is 0 Å². The predicted octanol–water partition coefficient (Wildman–Crippen LogP) is 10.4. The number of hydrogen-bond donors (Lipinski definition) is 4. The zero-order valence-electron chi connectivity index (χ0n) is 35.9. The largest absolute Gasteiger partial charge is 0.457 e. The van der Waals surface area contributed by atoms with Gasteiger partial charge in [0, 0.05) is 13.0 Å². The normalized spacial score (nSPS) is 20.9. The van der Waals surface area contributed by atoms with E-state index in [-0.39, 0.29) is 19.2 Å². The molecule has 56 heavy (non-hydrogen) atoms. The highest BCUT2D eigenvalue weighted by molar-refractivity contribution is 5.69. The molecule has 0 aromatic heterocycles. The van der Waals surface area contributed by atoms with Gasteiger partial charge in [-0.05, 0) is 64.2 Å². The molecule has 1 aliphatic rings. The molecule has 6 atom stereocenters. The van der Waals surface area contributed by atoms with Crippen molar-refractivity contribution in [3.8, 4) is 0 Å². The molecule has 6 unspecified atom stereocenters. The number of rotatable bonds is 39. The number of aliphatic hydroxyl groups excluding tert-OH is 4. The van der Waals surface area contributed by atoms with Crippen molar-refractivity contribution in [3.63, 3.8) is 0 Å². The SMILES string of the molecule is CCCC/C=C\CCCCCCCC(=O)OC(COCCCCCCCCCCCC/C=C\C/C=C\CCCCCCC)COC1OC(CO)C(O)C(O)C1O. The smallest absolute Gasteiger partial charge is 0.306 e. The number of allylic oxidation sites excluding steroid dienone is 6. The number of unbranched alkanes of at least 4 members (excludes halogenated alkanes) is 22. The summed E-state index contributed by atoms with van der Waals surface area (Å²) in [6.45, 7) is 4.50. The van der Waals surface area contributed by atoms with Gasteiger partial charge in [-0.25, -0.2) is 0 Å². The molecule has 1 saturated heterocycles. The van der Waals surface area contributed by atoms with E-state index in [0.717, 1.165) is 57.8 Å². The molecule has 0 spiro atoms. The summed E-state index contributed by atoms with van der Waals surface area (Å²) in [5.41, 5.74) is 0. The van der Waals surface area contributed by atoms with Crippen LogP contribution in [0.5, 0.6) is 0 Å². The predicted molar refractivity (Wildman–Crippen MR) is 228 cm³/mol. The maximum Gasteiger partial charge on any atom is 0.306 e. The van der Waals surface area contributed by atoms with Gasteiger partial charge in [0.25, 0.3) is 0 Å².